The quantitative estimate of drug-likeness (QED) is 0.324. The van der Waals surface area contributed by atoms with Crippen LogP contribution in [0.15, 0.2) is 60.7 Å². The van der Waals surface area contributed by atoms with Crippen LogP contribution in [0, 0.1) is 21.7 Å². The van der Waals surface area contributed by atoms with Crippen LogP contribution in [-0.4, -0.2) is 24.4 Å². The number of carbonyl (C=O) groups is 1. The lowest BCUT2D eigenvalue weighted by Gasteiger charge is -2.12. The fourth-order valence-electron chi connectivity index (χ4n) is 2.65. The summed E-state index contributed by atoms with van der Waals surface area (Å²) in [6.07, 6.45) is 0. The van der Waals surface area contributed by atoms with Gasteiger partial charge in [0.1, 0.15) is 11.5 Å². The van der Waals surface area contributed by atoms with Gasteiger partial charge in [-0.05, 0) is 42.0 Å². The summed E-state index contributed by atoms with van der Waals surface area (Å²) in [6, 6.07) is 13.5. The Morgan fingerprint density at radius 3 is 2.34 bits per heavy atom. The van der Waals surface area contributed by atoms with Crippen LogP contribution in [0.4, 0.5) is 14.5 Å². The second kappa shape index (κ2) is 8.47. The lowest BCUT2D eigenvalue weighted by atomic mass is 10.0. The maximum absolute atomic E-state index is 13.3. The molecule has 0 fully saturated rings. The second-order valence-corrected chi connectivity index (χ2v) is 6.01. The number of methoxy groups -OCH3 is 1. The molecule has 8 heteroatoms. The number of carbonyl (C=O) groups excluding carboxylic acids is 1. The van der Waals surface area contributed by atoms with Gasteiger partial charge in [-0.25, -0.2) is 8.78 Å². The van der Waals surface area contributed by atoms with Crippen molar-refractivity contribution in [3.63, 3.8) is 0 Å². The van der Waals surface area contributed by atoms with Crippen molar-refractivity contribution in [1.29, 1.82) is 0 Å². The van der Waals surface area contributed by atoms with Gasteiger partial charge in [-0.2, -0.15) is 0 Å². The van der Waals surface area contributed by atoms with E-state index in [9.17, 15) is 23.7 Å². The van der Waals surface area contributed by atoms with Gasteiger partial charge in [0.15, 0.2) is 24.0 Å². The highest BCUT2D eigenvalue weighted by Gasteiger charge is 2.16. The summed E-state index contributed by atoms with van der Waals surface area (Å²) in [6.45, 7) is -0.452. The summed E-state index contributed by atoms with van der Waals surface area (Å²) in [5, 5.41) is 11.1. The molecular weight excluding hydrogens is 384 g/mol. The summed E-state index contributed by atoms with van der Waals surface area (Å²) in [5.74, 6) is -1.92. The van der Waals surface area contributed by atoms with Crippen LogP contribution in [-0.2, 0) is 0 Å². The molecule has 0 atom stereocenters. The van der Waals surface area contributed by atoms with Crippen LogP contribution < -0.4 is 9.47 Å². The molecule has 0 bridgehead atoms. The summed E-state index contributed by atoms with van der Waals surface area (Å²) in [7, 11) is 1.51. The Bertz CT molecular complexity index is 1070. The molecule has 0 amide bonds. The predicted molar refractivity (Wildman–Crippen MR) is 101 cm³/mol. The van der Waals surface area contributed by atoms with Crippen molar-refractivity contribution >= 4 is 11.5 Å². The number of halogens is 2. The summed E-state index contributed by atoms with van der Waals surface area (Å²) < 4.78 is 37.0. The van der Waals surface area contributed by atoms with Gasteiger partial charge < -0.3 is 9.47 Å². The Balaban J connectivity index is 1.88. The van der Waals surface area contributed by atoms with Gasteiger partial charge in [-0.3, -0.25) is 14.9 Å². The number of nitrogens with zero attached hydrogens (tertiary/aromatic N) is 1. The minimum Gasteiger partial charge on any atom is -0.497 e. The number of rotatable bonds is 7. The highest BCUT2D eigenvalue weighted by Crippen LogP contribution is 2.34. The Hall–Kier alpha value is -3.81. The molecule has 0 heterocycles. The van der Waals surface area contributed by atoms with Gasteiger partial charge in [0.25, 0.3) is 5.69 Å². The van der Waals surface area contributed by atoms with E-state index in [1.165, 1.54) is 25.3 Å². The van der Waals surface area contributed by atoms with Crippen molar-refractivity contribution in [2.75, 3.05) is 13.7 Å². The molecule has 0 N–H and O–H groups in total. The van der Waals surface area contributed by atoms with Gasteiger partial charge in [0.2, 0.25) is 0 Å². The number of Topliss-reactive ketones (excluding diaryl/α,β-unsaturated/α-hetero) is 1. The zero-order chi connectivity index (χ0) is 21.0. The van der Waals surface area contributed by atoms with Crippen molar-refractivity contribution in [1.82, 2.24) is 0 Å². The van der Waals surface area contributed by atoms with E-state index >= 15 is 0 Å². The molecule has 148 valence electrons. The zero-order valence-electron chi connectivity index (χ0n) is 15.2. The molecule has 0 aliphatic heterocycles. The SMILES string of the molecule is COc1ccc(-c2cc([N+](=O)[O-])ccc2OCC(=O)c2ccc(F)c(F)c2)cc1. The second-order valence-electron chi connectivity index (χ2n) is 6.01. The van der Waals surface area contributed by atoms with Gasteiger partial charge in [-0.15, -0.1) is 0 Å². The Morgan fingerprint density at radius 2 is 1.72 bits per heavy atom. The molecule has 3 rings (SSSR count). The minimum atomic E-state index is -1.13. The molecule has 0 aliphatic carbocycles. The smallest absolute Gasteiger partial charge is 0.270 e. The number of hydrogen-bond acceptors (Lipinski definition) is 5. The van der Waals surface area contributed by atoms with Crippen LogP contribution in [0.2, 0.25) is 0 Å². The molecule has 0 saturated carbocycles. The molecule has 3 aromatic carbocycles. The third-order valence-electron chi connectivity index (χ3n) is 4.18. The number of ether oxygens (including phenoxy) is 2. The van der Waals surface area contributed by atoms with E-state index in [0.717, 1.165) is 18.2 Å². The number of non-ortho nitro benzene ring substituents is 1. The first-order chi connectivity index (χ1) is 13.9. The van der Waals surface area contributed by atoms with E-state index in [0.29, 0.717) is 16.9 Å². The van der Waals surface area contributed by atoms with E-state index in [1.807, 2.05) is 0 Å². The molecule has 6 nitrogen and oxygen atoms in total. The Morgan fingerprint density at radius 1 is 1.00 bits per heavy atom. The van der Waals surface area contributed by atoms with Gasteiger partial charge in [0.05, 0.1) is 12.0 Å². The highest BCUT2D eigenvalue weighted by molar-refractivity contribution is 5.97. The van der Waals surface area contributed by atoms with Crippen molar-refractivity contribution in [2.45, 2.75) is 0 Å². The highest BCUT2D eigenvalue weighted by atomic mass is 19.2. The first-order valence-corrected chi connectivity index (χ1v) is 8.43. The topological polar surface area (TPSA) is 78.7 Å². The molecule has 0 saturated heterocycles. The van der Waals surface area contributed by atoms with E-state index in [2.05, 4.69) is 0 Å². The molecular formula is C21H15F2NO5. The van der Waals surface area contributed by atoms with Crippen LogP contribution in [0.25, 0.3) is 11.1 Å². The summed E-state index contributed by atoms with van der Waals surface area (Å²) >= 11 is 0. The third-order valence-corrected chi connectivity index (χ3v) is 4.18. The van der Waals surface area contributed by atoms with E-state index in [1.54, 1.807) is 24.3 Å². The van der Waals surface area contributed by atoms with Gasteiger partial charge in [-0.1, -0.05) is 12.1 Å². The van der Waals surface area contributed by atoms with Crippen molar-refractivity contribution in [2.24, 2.45) is 0 Å². The fourth-order valence-corrected chi connectivity index (χ4v) is 2.65. The standard InChI is InChI=1S/C21H15F2NO5/c1-28-16-6-2-13(3-7-16)17-11-15(24(26)27)5-9-21(17)29-12-20(25)14-4-8-18(22)19(23)10-14/h2-11H,12H2,1H3. The van der Waals surface area contributed by atoms with Crippen molar-refractivity contribution in [3.05, 3.63) is 88.0 Å². The molecule has 0 spiro atoms. The number of nitro groups is 1. The van der Waals surface area contributed by atoms with Crippen molar-refractivity contribution in [3.8, 4) is 22.6 Å². The van der Waals surface area contributed by atoms with Crippen molar-refractivity contribution < 1.29 is 28.0 Å². The first-order valence-electron chi connectivity index (χ1n) is 8.43. The number of hydrogen-bond donors (Lipinski definition) is 0. The van der Waals surface area contributed by atoms with Crippen LogP contribution in [0.3, 0.4) is 0 Å². The number of nitro benzene ring substituents is 1. The zero-order valence-corrected chi connectivity index (χ0v) is 15.2. The largest absolute Gasteiger partial charge is 0.497 e. The summed E-state index contributed by atoms with van der Waals surface area (Å²) in [5.41, 5.74) is 0.830. The lowest BCUT2D eigenvalue weighted by Crippen LogP contribution is -2.12. The normalized spacial score (nSPS) is 10.4. The molecule has 0 aliphatic rings. The molecule has 3 aromatic rings. The number of benzene rings is 3. The first kappa shape index (κ1) is 19.9. The maximum atomic E-state index is 13.3. The Labute approximate surface area is 164 Å². The molecule has 0 radical (unpaired) electrons. The van der Waals surface area contributed by atoms with Crippen LogP contribution in [0.5, 0.6) is 11.5 Å². The molecule has 0 aromatic heterocycles. The Kier molecular flexibility index (Phi) is 5.82. The van der Waals surface area contributed by atoms with Crippen LogP contribution in [0.1, 0.15) is 10.4 Å². The third kappa shape index (κ3) is 4.55. The molecule has 0 unspecified atom stereocenters. The predicted octanol–water partition coefficient (Wildman–Crippen LogP) is 4.81. The fraction of sp³-hybridized carbons (Fsp3) is 0.0952. The van der Waals surface area contributed by atoms with E-state index in [4.69, 9.17) is 9.47 Å². The number of ketones is 1. The average molecular weight is 399 g/mol. The maximum Gasteiger partial charge on any atom is 0.270 e. The lowest BCUT2D eigenvalue weighted by molar-refractivity contribution is -0.384. The van der Waals surface area contributed by atoms with Gasteiger partial charge in [0, 0.05) is 23.3 Å². The summed E-state index contributed by atoms with van der Waals surface area (Å²) in [4.78, 5) is 22.8. The van der Waals surface area contributed by atoms with Gasteiger partial charge >= 0.3 is 0 Å². The van der Waals surface area contributed by atoms with E-state index in [-0.39, 0.29) is 17.0 Å². The monoisotopic (exact) mass is 399 g/mol. The van der Waals surface area contributed by atoms with E-state index < -0.39 is 28.9 Å². The minimum absolute atomic E-state index is 0.0446. The van der Waals surface area contributed by atoms with Crippen LogP contribution >= 0.6 is 0 Å². The average Bonchev–Trinajstić information content (AvgIpc) is 2.73. The molecule has 29 heavy (non-hydrogen) atoms.